The number of nitrogens with zero attached hydrogens (tertiary/aromatic N) is 2. The Balaban J connectivity index is 2.14. The van der Waals surface area contributed by atoms with Gasteiger partial charge in [-0.2, -0.15) is 0 Å². The molecule has 1 amide bonds. The number of aryl methyl sites for hydroxylation is 1. The Morgan fingerprint density at radius 3 is 2.33 bits per heavy atom. The molecule has 0 radical (unpaired) electrons. The fourth-order valence-electron chi connectivity index (χ4n) is 2.93. The number of anilines is 1. The number of carbonyl (C=O) groups is 1. The van der Waals surface area contributed by atoms with Crippen molar-refractivity contribution in [1.82, 2.24) is 0 Å². The number of aliphatic imine (C=N–C) groups is 1. The molecule has 0 atom stereocenters. The molecule has 0 fully saturated rings. The number of thiophene rings is 1. The minimum Gasteiger partial charge on any atom is -0.305 e. The van der Waals surface area contributed by atoms with E-state index in [1.807, 2.05) is 7.05 Å². The molecule has 1 aliphatic heterocycles. The lowest BCUT2D eigenvalue weighted by Gasteiger charge is -2.19. The minimum atomic E-state index is 0.0406. The molecular weight excluding hydrogens is 316 g/mol. The third-order valence-electron chi connectivity index (χ3n) is 4.68. The van der Waals surface area contributed by atoms with E-state index in [0.717, 1.165) is 21.8 Å². The van der Waals surface area contributed by atoms with E-state index in [-0.39, 0.29) is 17.9 Å². The van der Waals surface area contributed by atoms with Crippen molar-refractivity contribution < 1.29 is 4.79 Å². The summed E-state index contributed by atoms with van der Waals surface area (Å²) in [5.74, 6) is 0.0406. The molecule has 3 nitrogen and oxygen atoms in total. The first-order chi connectivity index (χ1) is 11.2. The molecule has 1 aromatic carbocycles. The summed E-state index contributed by atoms with van der Waals surface area (Å²) in [5, 5.41) is 1.01. The number of carbonyl (C=O) groups excluding carboxylic acids is 1. The Morgan fingerprint density at radius 1 is 1.12 bits per heavy atom. The highest BCUT2D eigenvalue weighted by atomic mass is 32.1. The molecule has 2 aromatic rings. The number of hydrogen-bond donors (Lipinski definition) is 0. The minimum absolute atomic E-state index is 0.0406. The Bertz CT molecular complexity index is 823. The maximum absolute atomic E-state index is 12.3. The summed E-state index contributed by atoms with van der Waals surface area (Å²) in [6, 6.07) is 8.60. The molecule has 0 N–H and O–H groups in total. The van der Waals surface area contributed by atoms with E-state index < -0.39 is 0 Å². The normalized spacial score (nSPS) is 15.2. The van der Waals surface area contributed by atoms with Crippen molar-refractivity contribution in [2.45, 2.75) is 40.0 Å². The van der Waals surface area contributed by atoms with E-state index in [1.54, 1.807) is 16.2 Å². The van der Waals surface area contributed by atoms with Crippen LogP contribution in [-0.4, -0.2) is 25.2 Å². The largest absolute Gasteiger partial charge is 0.305 e. The summed E-state index contributed by atoms with van der Waals surface area (Å²) in [6.07, 6.45) is 0. The molecule has 0 spiro atoms. The van der Waals surface area contributed by atoms with Gasteiger partial charge in [0.2, 0.25) is 5.91 Å². The van der Waals surface area contributed by atoms with E-state index in [2.05, 4.69) is 63.9 Å². The highest BCUT2D eigenvalue weighted by Crippen LogP contribution is 2.38. The van der Waals surface area contributed by atoms with Crippen LogP contribution in [0.1, 0.15) is 47.9 Å². The fraction of sp³-hybridized carbons (Fsp3) is 0.400. The summed E-state index contributed by atoms with van der Waals surface area (Å²) in [7, 11) is 1.84. The second-order valence-corrected chi connectivity index (χ2v) is 8.61. The SMILES string of the molecule is Cc1sc2c(c1C)C(c1ccc(C(C)(C)C)cc1)=NCC(=O)N2C. The lowest BCUT2D eigenvalue weighted by Crippen LogP contribution is -2.26. The number of benzene rings is 1. The third kappa shape index (κ3) is 2.80. The Hall–Kier alpha value is -1.94. The summed E-state index contributed by atoms with van der Waals surface area (Å²) in [4.78, 5) is 19.9. The van der Waals surface area contributed by atoms with E-state index in [1.165, 1.54) is 16.0 Å². The van der Waals surface area contributed by atoms with Gasteiger partial charge in [0.15, 0.2) is 0 Å². The average molecular weight is 340 g/mol. The lowest BCUT2D eigenvalue weighted by atomic mass is 9.86. The molecule has 2 heterocycles. The summed E-state index contributed by atoms with van der Waals surface area (Å²) < 4.78 is 0. The van der Waals surface area contributed by atoms with Crippen LogP contribution in [0.2, 0.25) is 0 Å². The molecule has 1 aromatic heterocycles. The van der Waals surface area contributed by atoms with Gasteiger partial charge in [-0.15, -0.1) is 11.3 Å². The second-order valence-electron chi connectivity index (χ2n) is 7.41. The molecular formula is C20H24N2OS. The van der Waals surface area contributed by atoms with Crippen molar-refractivity contribution in [3.05, 3.63) is 51.4 Å². The van der Waals surface area contributed by atoms with Gasteiger partial charge in [0.1, 0.15) is 11.5 Å². The quantitative estimate of drug-likeness (QED) is 0.753. The highest BCUT2D eigenvalue weighted by molar-refractivity contribution is 7.17. The number of likely N-dealkylation sites (N-methyl/N-ethyl adjacent to an activating group) is 1. The van der Waals surface area contributed by atoms with Gasteiger partial charge < -0.3 is 4.90 Å². The summed E-state index contributed by atoms with van der Waals surface area (Å²) >= 11 is 1.67. The molecule has 0 saturated carbocycles. The predicted molar refractivity (Wildman–Crippen MR) is 103 cm³/mol. The first kappa shape index (κ1) is 16.9. The maximum Gasteiger partial charge on any atom is 0.249 e. The predicted octanol–water partition coefficient (Wildman–Crippen LogP) is 4.48. The van der Waals surface area contributed by atoms with Crippen molar-refractivity contribution >= 4 is 28.0 Å². The van der Waals surface area contributed by atoms with Crippen LogP contribution in [-0.2, 0) is 10.2 Å². The van der Waals surface area contributed by atoms with E-state index in [9.17, 15) is 4.79 Å². The standard InChI is InChI=1S/C20H24N2OS/c1-12-13(2)24-19-17(12)18(21-11-16(23)22(19)6)14-7-9-15(10-8-14)20(3,4)5/h7-10H,11H2,1-6H3. The molecule has 3 rings (SSSR count). The summed E-state index contributed by atoms with van der Waals surface area (Å²) in [6.45, 7) is 11.1. The van der Waals surface area contributed by atoms with Crippen LogP contribution in [0.15, 0.2) is 29.3 Å². The van der Waals surface area contributed by atoms with Crippen LogP contribution in [0.4, 0.5) is 5.00 Å². The van der Waals surface area contributed by atoms with Crippen molar-refractivity contribution in [2.75, 3.05) is 18.5 Å². The smallest absolute Gasteiger partial charge is 0.249 e. The molecule has 24 heavy (non-hydrogen) atoms. The Kier molecular flexibility index (Phi) is 4.12. The van der Waals surface area contributed by atoms with Gasteiger partial charge in [-0.25, -0.2) is 0 Å². The van der Waals surface area contributed by atoms with Crippen LogP contribution in [0.5, 0.6) is 0 Å². The van der Waals surface area contributed by atoms with Crippen LogP contribution in [0, 0.1) is 13.8 Å². The molecule has 0 unspecified atom stereocenters. The fourth-order valence-corrected chi connectivity index (χ4v) is 4.07. The van der Waals surface area contributed by atoms with Gasteiger partial charge in [-0.1, -0.05) is 45.0 Å². The first-order valence-electron chi connectivity index (χ1n) is 8.22. The van der Waals surface area contributed by atoms with Gasteiger partial charge in [-0.05, 0) is 30.4 Å². The van der Waals surface area contributed by atoms with Crippen molar-refractivity contribution in [1.29, 1.82) is 0 Å². The van der Waals surface area contributed by atoms with Crippen molar-refractivity contribution in [3.63, 3.8) is 0 Å². The van der Waals surface area contributed by atoms with Crippen LogP contribution in [0.3, 0.4) is 0 Å². The molecule has 0 saturated heterocycles. The van der Waals surface area contributed by atoms with Gasteiger partial charge in [0.25, 0.3) is 0 Å². The van der Waals surface area contributed by atoms with Gasteiger partial charge >= 0.3 is 0 Å². The van der Waals surface area contributed by atoms with Crippen molar-refractivity contribution in [3.8, 4) is 0 Å². The monoisotopic (exact) mass is 340 g/mol. The molecule has 1 aliphatic rings. The van der Waals surface area contributed by atoms with Crippen LogP contribution >= 0.6 is 11.3 Å². The molecule has 0 bridgehead atoms. The zero-order valence-electron chi connectivity index (χ0n) is 15.2. The number of rotatable bonds is 1. The molecule has 126 valence electrons. The topological polar surface area (TPSA) is 32.7 Å². The third-order valence-corrected chi connectivity index (χ3v) is 5.96. The summed E-state index contributed by atoms with van der Waals surface area (Å²) in [5.41, 5.74) is 5.76. The number of fused-ring (bicyclic) bond motifs is 1. The Morgan fingerprint density at radius 2 is 1.75 bits per heavy atom. The van der Waals surface area contributed by atoms with Crippen LogP contribution < -0.4 is 4.90 Å². The van der Waals surface area contributed by atoms with E-state index in [0.29, 0.717) is 0 Å². The van der Waals surface area contributed by atoms with E-state index >= 15 is 0 Å². The molecule has 4 heteroatoms. The van der Waals surface area contributed by atoms with Gasteiger partial charge in [-0.3, -0.25) is 9.79 Å². The molecule has 0 aliphatic carbocycles. The second kappa shape index (κ2) is 5.85. The Labute approximate surface area is 148 Å². The lowest BCUT2D eigenvalue weighted by molar-refractivity contribution is -0.116. The average Bonchev–Trinajstić information content (AvgIpc) is 2.75. The van der Waals surface area contributed by atoms with Gasteiger partial charge in [0.05, 0.1) is 5.71 Å². The first-order valence-corrected chi connectivity index (χ1v) is 9.04. The maximum atomic E-state index is 12.3. The van der Waals surface area contributed by atoms with Gasteiger partial charge in [0, 0.05) is 23.1 Å². The highest BCUT2D eigenvalue weighted by Gasteiger charge is 2.27. The van der Waals surface area contributed by atoms with Crippen molar-refractivity contribution in [2.24, 2.45) is 4.99 Å². The zero-order chi connectivity index (χ0) is 17.6. The number of hydrogen-bond acceptors (Lipinski definition) is 3. The zero-order valence-corrected chi connectivity index (χ0v) is 16.0. The van der Waals surface area contributed by atoms with Crippen LogP contribution in [0.25, 0.3) is 0 Å². The van der Waals surface area contributed by atoms with E-state index in [4.69, 9.17) is 0 Å². The number of amides is 1.